The molecule has 6 heavy (non-hydrogen) atoms. The second-order valence-electron chi connectivity index (χ2n) is 2.71. The maximum absolute atomic E-state index is 8.69. The third-order valence-electron chi connectivity index (χ3n) is 1.46. The van der Waals surface area contributed by atoms with Gasteiger partial charge in [-0.05, 0) is 11.8 Å². The van der Waals surface area contributed by atoms with Gasteiger partial charge >= 0.3 is 0 Å². The van der Waals surface area contributed by atoms with Gasteiger partial charge in [0.05, 0.1) is 6.10 Å². The second-order valence-corrected chi connectivity index (χ2v) is 2.71. The first kappa shape index (κ1) is 4.13. The maximum Gasteiger partial charge on any atom is 0.0598 e. The lowest BCUT2D eigenvalue weighted by Gasteiger charge is -1.90. The van der Waals surface area contributed by atoms with Crippen LogP contribution in [0.15, 0.2) is 0 Å². The van der Waals surface area contributed by atoms with Crippen molar-refractivity contribution in [2.45, 2.75) is 26.4 Å². The van der Waals surface area contributed by atoms with Crippen molar-refractivity contribution < 1.29 is 5.11 Å². The molecule has 0 spiro atoms. The van der Waals surface area contributed by atoms with Gasteiger partial charge in [-0.3, -0.25) is 0 Å². The van der Waals surface area contributed by atoms with Gasteiger partial charge < -0.3 is 5.11 Å². The molecule has 1 fully saturated rings. The summed E-state index contributed by atoms with van der Waals surface area (Å²) >= 11 is 0. The first-order valence-corrected chi connectivity index (χ1v) is 2.31. The molecule has 0 unspecified atom stereocenters. The summed E-state index contributed by atoms with van der Waals surface area (Å²) in [5.74, 6) is 0. The number of aliphatic hydroxyl groups excluding tert-OH is 1. The SMILES string of the molecule is CC1(C)C[C@H]1O. The van der Waals surface area contributed by atoms with Gasteiger partial charge in [-0.1, -0.05) is 13.8 Å². The van der Waals surface area contributed by atoms with Crippen LogP contribution in [-0.4, -0.2) is 11.2 Å². The molecule has 1 heteroatoms. The third kappa shape index (κ3) is 0.432. The molecule has 0 saturated heterocycles. The van der Waals surface area contributed by atoms with Crippen molar-refractivity contribution in [1.29, 1.82) is 0 Å². The van der Waals surface area contributed by atoms with E-state index in [1.165, 1.54) is 0 Å². The van der Waals surface area contributed by atoms with Gasteiger partial charge in [0.15, 0.2) is 0 Å². The summed E-state index contributed by atoms with van der Waals surface area (Å²) in [5, 5.41) is 8.69. The van der Waals surface area contributed by atoms with Crippen molar-refractivity contribution in [2.24, 2.45) is 5.41 Å². The van der Waals surface area contributed by atoms with Crippen LogP contribution in [0.3, 0.4) is 0 Å². The Hall–Kier alpha value is -0.0400. The number of hydrogen-bond acceptors (Lipinski definition) is 1. The zero-order valence-electron chi connectivity index (χ0n) is 4.23. The van der Waals surface area contributed by atoms with Gasteiger partial charge in [0.25, 0.3) is 0 Å². The second kappa shape index (κ2) is 0.784. The van der Waals surface area contributed by atoms with Gasteiger partial charge in [0.2, 0.25) is 0 Å². The Kier molecular flexibility index (Phi) is 0.539. The van der Waals surface area contributed by atoms with Crippen LogP contribution >= 0.6 is 0 Å². The molecule has 1 saturated carbocycles. The molecule has 0 aromatic heterocycles. The molecule has 1 aliphatic rings. The number of rotatable bonds is 0. The van der Waals surface area contributed by atoms with Crippen LogP contribution in [0, 0.1) is 5.41 Å². The van der Waals surface area contributed by atoms with Crippen molar-refractivity contribution in [3.63, 3.8) is 0 Å². The molecular weight excluding hydrogens is 76.1 g/mol. The molecule has 0 radical (unpaired) electrons. The average molecular weight is 86.1 g/mol. The molecule has 1 atom stereocenters. The smallest absolute Gasteiger partial charge is 0.0598 e. The standard InChI is InChI=1S/C5H10O/c1-5(2)3-4(5)6/h4,6H,3H2,1-2H3/t4-/m1/s1. The van der Waals surface area contributed by atoms with Gasteiger partial charge in [0.1, 0.15) is 0 Å². The van der Waals surface area contributed by atoms with E-state index in [-0.39, 0.29) is 11.5 Å². The summed E-state index contributed by atoms with van der Waals surface area (Å²) in [7, 11) is 0. The van der Waals surface area contributed by atoms with E-state index in [1.807, 2.05) is 0 Å². The lowest BCUT2D eigenvalue weighted by molar-refractivity contribution is 0.235. The van der Waals surface area contributed by atoms with Gasteiger partial charge in [0, 0.05) is 0 Å². The molecule has 1 N–H and O–H groups in total. The molecule has 1 rings (SSSR count). The van der Waals surface area contributed by atoms with E-state index >= 15 is 0 Å². The number of hydrogen-bond donors (Lipinski definition) is 1. The predicted octanol–water partition coefficient (Wildman–Crippen LogP) is 0.777. The van der Waals surface area contributed by atoms with Crippen molar-refractivity contribution in [2.75, 3.05) is 0 Å². The summed E-state index contributed by atoms with van der Waals surface area (Å²) in [4.78, 5) is 0. The predicted molar refractivity (Wildman–Crippen MR) is 24.4 cm³/mol. The minimum Gasteiger partial charge on any atom is -0.393 e. The molecule has 0 heterocycles. The fraction of sp³-hybridized carbons (Fsp3) is 1.00. The van der Waals surface area contributed by atoms with Gasteiger partial charge in [-0.2, -0.15) is 0 Å². The summed E-state index contributed by atoms with van der Waals surface area (Å²) in [6.45, 7) is 4.13. The molecule has 0 amide bonds. The average Bonchev–Trinajstić information content (AvgIpc) is 1.73. The van der Waals surface area contributed by atoms with Gasteiger partial charge in [-0.25, -0.2) is 0 Å². The van der Waals surface area contributed by atoms with Crippen molar-refractivity contribution in [3.8, 4) is 0 Å². The first-order valence-electron chi connectivity index (χ1n) is 2.31. The van der Waals surface area contributed by atoms with Crippen molar-refractivity contribution in [1.82, 2.24) is 0 Å². The Bertz CT molecular complexity index is 66.3. The van der Waals surface area contributed by atoms with Crippen LogP contribution in [0.2, 0.25) is 0 Å². The van der Waals surface area contributed by atoms with Crippen molar-refractivity contribution >= 4 is 0 Å². The number of aliphatic hydroxyl groups is 1. The molecule has 36 valence electrons. The quantitative estimate of drug-likeness (QED) is 0.462. The van der Waals surface area contributed by atoms with E-state index in [2.05, 4.69) is 13.8 Å². The summed E-state index contributed by atoms with van der Waals surface area (Å²) in [6.07, 6.45) is 0.991. The molecule has 0 aromatic carbocycles. The fourth-order valence-electron chi connectivity index (χ4n) is 0.439. The minimum atomic E-state index is -0.00231. The summed E-state index contributed by atoms with van der Waals surface area (Å²) in [6, 6.07) is 0. The Morgan fingerprint density at radius 1 is 1.67 bits per heavy atom. The molecule has 1 nitrogen and oxygen atoms in total. The van der Waals surface area contributed by atoms with Gasteiger partial charge in [-0.15, -0.1) is 0 Å². The van der Waals surface area contributed by atoms with E-state index in [4.69, 9.17) is 5.11 Å². The highest BCUT2D eigenvalue weighted by Gasteiger charge is 2.44. The van der Waals surface area contributed by atoms with E-state index in [1.54, 1.807) is 0 Å². The van der Waals surface area contributed by atoms with Crippen LogP contribution in [0.25, 0.3) is 0 Å². The normalized spacial score (nSPS) is 39.5. The van der Waals surface area contributed by atoms with E-state index in [0.29, 0.717) is 0 Å². The van der Waals surface area contributed by atoms with Crippen LogP contribution in [0.5, 0.6) is 0 Å². The van der Waals surface area contributed by atoms with Crippen LogP contribution < -0.4 is 0 Å². The third-order valence-corrected chi connectivity index (χ3v) is 1.46. The lowest BCUT2D eigenvalue weighted by atomic mass is 10.2. The highest BCUT2D eigenvalue weighted by Crippen LogP contribution is 2.44. The van der Waals surface area contributed by atoms with E-state index in [9.17, 15) is 0 Å². The molecule has 0 bridgehead atoms. The molecule has 0 aromatic rings. The Morgan fingerprint density at radius 3 is 1.83 bits per heavy atom. The molecule has 1 aliphatic carbocycles. The minimum absolute atomic E-state index is 0.00231. The van der Waals surface area contributed by atoms with Crippen LogP contribution in [0.4, 0.5) is 0 Å². The summed E-state index contributed by atoms with van der Waals surface area (Å²) < 4.78 is 0. The summed E-state index contributed by atoms with van der Waals surface area (Å²) in [5.41, 5.74) is 0.264. The van der Waals surface area contributed by atoms with Crippen LogP contribution in [-0.2, 0) is 0 Å². The van der Waals surface area contributed by atoms with E-state index in [0.717, 1.165) is 6.42 Å². The van der Waals surface area contributed by atoms with E-state index < -0.39 is 0 Å². The lowest BCUT2D eigenvalue weighted by Crippen LogP contribution is -1.90. The topological polar surface area (TPSA) is 20.2 Å². The Morgan fingerprint density at radius 2 is 1.83 bits per heavy atom. The Labute approximate surface area is 38.0 Å². The Balaban J connectivity index is 2.41. The zero-order valence-corrected chi connectivity index (χ0v) is 4.23. The molecule has 0 aliphatic heterocycles. The first-order chi connectivity index (χ1) is 2.63. The highest BCUT2D eigenvalue weighted by molar-refractivity contribution is 4.94. The highest BCUT2D eigenvalue weighted by atomic mass is 16.3. The van der Waals surface area contributed by atoms with Crippen molar-refractivity contribution in [3.05, 3.63) is 0 Å². The zero-order chi connectivity index (χ0) is 4.78. The fourth-order valence-corrected chi connectivity index (χ4v) is 0.439. The monoisotopic (exact) mass is 86.1 g/mol. The van der Waals surface area contributed by atoms with Crippen LogP contribution in [0.1, 0.15) is 20.3 Å². The maximum atomic E-state index is 8.69. The largest absolute Gasteiger partial charge is 0.393 e. The molecular formula is C5H10O.